The number of Topliss-reactive ketones (excluding diaryl/α,β-unsaturated/α-hetero) is 2. The third-order valence-electron chi connectivity index (χ3n) is 11.3. The highest BCUT2D eigenvalue weighted by molar-refractivity contribution is 7.85. The van der Waals surface area contributed by atoms with Crippen molar-refractivity contribution in [3.8, 4) is 0 Å². The molecule has 0 saturated heterocycles. The molecule has 61 heavy (non-hydrogen) atoms. The summed E-state index contributed by atoms with van der Waals surface area (Å²) in [6, 6.07) is 29.1. The fourth-order valence-corrected chi connectivity index (χ4v) is 8.89. The minimum Gasteiger partial charge on any atom is -0.462 e. The number of para-hydroxylation sites is 1. The summed E-state index contributed by atoms with van der Waals surface area (Å²) in [4.78, 5) is 101. The van der Waals surface area contributed by atoms with Crippen LogP contribution in [0.25, 0.3) is 32.4 Å². The zero-order valence-electron chi connectivity index (χ0n) is 31.4. The van der Waals surface area contributed by atoms with Crippen molar-refractivity contribution >= 4 is 89.4 Å². The van der Waals surface area contributed by atoms with Gasteiger partial charge in [0.15, 0.2) is 11.6 Å². The highest BCUT2D eigenvalue weighted by atomic mass is 32.2. The average molecular weight is 830 g/mol. The largest absolute Gasteiger partial charge is 0.462 e. The van der Waals surface area contributed by atoms with E-state index in [1.54, 1.807) is 42.5 Å². The molecule has 14 nitrogen and oxygen atoms in total. The van der Waals surface area contributed by atoms with Crippen LogP contribution >= 0.6 is 0 Å². The van der Waals surface area contributed by atoms with Gasteiger partial charge in [-0.25, -0.2) is 14.7 Å². The van der Waals surface area contributed by atoms with Gasteiger partial charge in [-0.3, -0.25) is 38.2 Å². The summed E-state index contributed by atoms with van der Waals surface area (Å²) in [5.74, 6) is -5.60. The lowest BCUT2D eigenvalue weighted by Gasteiger charge is -2.27. The molecule has 0 radical (unpaired) electrons. The lowest BCUT2D eigenvalue weighted by Crippen LogP contribution is -2.41. The van der Waals surface area contributed by atoms with E-state index in [-0.39, 0.29) is 69.2 Å². The van der Waals surface area contributed by atoms with Crippen LogP contribution in [0.4, 0.5) is 5.69 Å². The second-order valence-corrected chi connectivity index (χ2v) is 16.2. The van der Waals surface area contributed by atoms with Gasteiger partial charge >= 0.3 is 5.97 Å². The zero-order chi connectivity index (χ0) is 42.5. The van der Waals surface area contributed by atoms with Crippen LogP contribution in [0.3, 0.4) is 0 Å². The first-order chi connectivity index (χ1) is 29.3. The monoisotopic (exact) mass is 829 g/mol. The maximum atomic E-state index is 13.9. The number of ether oxygens (including phenoxy) is 1. The van der Waals surface area contributed by atoms with Gasteiger partial charge in [0.2, 0.25) is 0 Å². The van der Waals surface area contributed by atoms with Gasteiger partial charge in [0.25, 0.3) is 33.7 Å². The number of amides is 4. The Labute approximate surface area is 344 Å². The van der Waals surface area contributed by atoms with Crippen molar-refractivity contribution < 1.29 is 51.3 Å². The summed E-state index contributed by atoms with van der Waals surface area (Å²) in [5.41, 5.74) is 1.26. The molecule has 0 spiro atoms. The normalized spacial score (nSPS) is 16.0. The van der Waals surface area contributed by atoms with Gasteiger partial charge in [-0.15, -0.1) is 0 Å². The van der Waals surface area contributed by atoms with Crippen LogP contribution in [-0.4, -0.2) is 77.2 Å². The number of imide groups is 2. The molecule has 298 valence electrons. The molecule has 0 bridgehead atoms. The number of ketones is 2. The number of nitrogens with zero attached hydrogens (tertiary/aromatic N) is 3. The molecule has 3 heterocycles. The standard InChI is InChI=1S/C46H27N3O11S/c50-40-29-15-12-26(46(56)60-18-4-17-48-42(52)30-8-1-5-23-6-2-9-31(37(23)30)43(48)53)21-32(29)41(51)38(40)35-16-13-24-7-3-10-36(39(24)47-35)49-44(54)33-20-25-11-14-28(61(57,58)59)19-27(25)22-34(33)45(49)55/h1-3,5-16,19-22,38H,4,17-18H2,(H,57,58,59). The van der Waals surface area contributed by atoms with Crippen LogP contribution in [0, 0.1) is 0 Å². The van der Waals surface area contributed by atoms with Crippen LogP contribution in [0.5, 0.6) is 0 Å². The van der Waals surface area contributed by atoms with E-state index in [1.165, 1.54) is 60.7 Å². The first-order valence-corrected chi connectivity index (χ1v) is 20.4. The molecular formula is C46H27N3O11S. The molecule has 3 aliphatic rings. The van der Waals surface area contributed by atoms with Crippen LogP contribution < -0.4 is 4.90 Å². The number of aromatic nitrogens is 1. The van der Waals surface area contributed by atoms with Gasteiger partial charge in [0.1, 0.15) is 5.92 Å². The van der Waals surface area contributed by atoms with E-state index < -0.39 is 57.2 Å². The molecule has 0 fully saturated rings. The Bertz CT molecular complexity index is 3310. The summed E-state index contributed by atoms with van der Waals surface area (Å²) in [7, 11) is -4.53. The summed E-state index contributed by atoms with van der Waals surface area (Å²) >= 11 is 0. The molecule has 2 aliphatic heterocycles. The van der Waals surface area contributed by atoms with Gasteiger partial charge in [0.05, 0.1) is 45.1 Å². The third-order valence-corrected chi connectivity index (χ3v) is 12.1. The van der Waals surface area contributed by atoms with Gasteiger partial charge in [-0.05, 0) is 89.3 Å². The fraction of sp³-hybridized carbons (Fsp3) is 0.0870. The summed E-state index contributed by atoms with van der Waals surface area (Å²) in [6.45, 7) is -0.143. The molecule has 10 rings (SSSR count). The second-order valence-electron chi connectivity index (χ2n) is 14.8. The number of carbonyl (C=O) groups is 7. The average Bonchev–Trinajstić information content (AvgIpc) is 3.65. The lowest BCUT2D eigenvalue weighted by molar-refractivity contribution is 0.0475. The van der Waals surface area contributed by atoms with Crippen molar-refractivity contribution in [1.29, 1.82) is 0 Å². The van der Waals surface area contributed by atoms with E-state index >= 15 is 0 Å². The zero-order valence-corrected chi connectivity index (χ0v) is 32.3. The molecule has 0 saturated carbocycles. The van der Waals surface area contributed by atoms with Crippen molar-refractivity contribution in [1.82, 2.24) is 9.88 Å². The number of carbonyl (C=O) groups excluding carboxylic acids is 7. The molecule has 1 N–H and O–H groups in total. The maximum Gasteiger partial charge on any atom is 0.338 e. The number of rotatable bonds is 8. The third kappa shape index (κ3) is 5.84. The fourth-order valence-electron chi connectivity index (χ4n) is 8.37. The molecule has 6 aromatic carbocycles. The smallest absolute Gasteiger partial charge is 0.338 e. The number of fused-ring (bicyclic) bond motifs is 4. The first kappa shape index (κ1) is 37.5. The van der Waals surface area contributed by atoms with Crippen LogP contribution in [0.1, 0.15) is 90.5 Å². The maximum absolute atomic E-state index is 13.9. The Balaban J connectivity index is 0.865. The minimum atomic E-state index is -4.53. The van der Waals surface area contributed by atoms with Gasteiger partial charge in [-0.2, -0.15) is 8.42 Å². The van der Waals surface area contributed by atoms with Gasteiger partial charge in [-0.1, -0.05) is 48.5 Å². The van der Waals surface area contributed by atoms with Crippen molar-refractivity contribution in [3.63, 3.8) is 0 Å². The second kappa shape index (κ2) is 13.7. The highest BCUT2D eigenvalue weighted by Crippen LogP contribution is 2.39. The van der Waals surface area contributed by atoms with E-state index in [0.29, 0.717) is 32.7 Å². The van der Waals surface area contributed by atoms with E-state index in [9.17, 15) is 46.5 Å². The van der Waals surface area contributed by atoms with Crippen LogP contribution in [0.15, 0.2) is 120 Å². The van der Waals surface area contributed by atoms with Crippen LogP contribution in [-0.2, 0) is 14.9 Å². The molecular weight excluding hydrogens is 803 g/mol. The minimum absolute atomic E-state index is 0.000451. The molecule has 1 aliphatic carbocycles. The van der Waals surface area contributed by atoms with E-state index in [4.69, 9.17) is 4.74 Å². The Hall–Kier alpha value is -7.75. The number of hydrogen-bond donors (Lipinski definition) is 1. The van der Waals surface area contributed by atoms with E-state index in [2.05, 4.69) is 4.98 Å². The van der Waals surface area contributed by atoms with Crippen molar-refractivity contribution in [3.05, 3.63) is 160 Å². The van der Waals surface area contributed by atoms with Crippen molar-refractivity contribution in [2.24, 2.45) is 0 Å². The number of anilines is 1. The quantitative estimate of drug-likeness (QED) is 0.0567. The summed E-state index contributed by atoms with van der Waals surface area (Å²) in [5, 5.41) is 2.65. The predicted octanol–water partition coefficient (Wildman–Crippen LogP) is 6.59. The van der Waals surface area contributed by atoms with Gasteiger partial charge in [0, 0.05) is 39.6 Å². The Morgan fingerprint density at radius 3 is 1.97 bits per heavy atom. The van der Waals surface area contributed by atoms with Crippen molar-refractivity contribution in [2.75, 3.05) is 18.1 Å². The first-order valence-electron chi connectivity index (χ1n) is 18.9. The Morgan fingerprint density at radius 1 is 0.623 bits per heavy atom. The predicted molar refractivity (Wildman–Crippen MR) is 219 cm³/mol. The summed E-state index contributed by atoms with van der Waals surface area (Å²) < 4.78 is 38.5. The highest BCUT2D eigenvalue weighted by Gasteiger charge is 2.42. The molecule has 15 heteroatoms. The SMILES string of the molecule is O=C(OCCCN1C(=O)c2cccc3cccc(c23)C1=O)c1ccc2c(c1)C(=O)C(c1ccc3cccc(N4C(=O)c5cc6ccc(S(=O)(=O)O)cc6cc5C4=O)c3n1)C2=O. The number of esters is 1. The van der Waals surface area contributed by atoms with E-state index in [1.807, 2.05) is 12.1 Å². The summed E-state index contributed by atoms with van der Waals surface area (Å²) in [6.07, 6.45) is 0.150. The molecule has 4 amide bonds. The Kier molecular flexibility index (Phi) is 8.40. The van der Waals surface area contributed by atoms with E-state index in [0.717, 1.165) is 15.2 Å². The Morgan fingerprint density at radius 2 is 1.26 bits per heavy atom. The van der Waals surface area contributed by atoms with Gasteiger partial charge < -0.3 is 4.74 Å². The van der Waals surface area contributed by atoms with Crippen LogP contribution in [0.2, 0.25) is 0 Å². The lowest BCUT2D eigenvalue weighted by atomic mass is 9.94. The molecule has 1 atom stereocenters. The number of benzene rings is 6. The topological polar surface area (TPSA) is 202 Å². The van der Waals surface area contributed by atoms with Crippen molar-refractivity contribution in [2.45, 2.75) is 17.2 Å². The molecule has 1 unspecified atom stereocenters. The molecule has 7 aromatic rings. The molecule has 1 aromatic heterocycles. The number of pyridine rings is 1. The number of hydrogen-bond acceptors (Lipinski definition) is 11.